The lowest BCUT2D eigenvalue weighted by Crippen LogP contribution is -2.20. The van der Waals surface area contributed by atoms with Gasteiger partial charge >= 0.3 is 5.97 Å². The zero-order valence-electron chi connectivity index (χ0n) is 14.4. The maximum absolute atomic E-state index is 12.5. The van der Waals surface area contributed by atoms with Gasteiger partial charge in [0.15, 0.2) is 11.6 Å². The molecule has 0 aliphatic heterocycles. The van der Waals surface area contributed by atoms with Crippen LogP contribution in [-0.2, 0) is 22.4 Å². The Morgan fingerprint density at radius 2 is 1.85 bits per heavy atom. The highest BCUT2D eigenvalue weighted by molar-refractivity contribution is 6.25. The summed E-state index contributed by atoms with van der Waals surface area (Å²) in [5, 5.41) is 12.0. The smallest absolute Gasteiger partial charge is 0.335 e. The van der Waals surface area contributed by atoms with Crippen LogP contribution in [0, 0.1) is 0 Å². The van der Waals surface area contributed by atoms with Crippen LogP contribution in [-0.4, -0.2) is 29.7 Å². The molecule has 132 valence electrons. The Labute approximate surface area is 151 Å². The van der Waals surface area contributed by atoms with Gasteiger partial charge in [-0.15, -0.1) is 0 Å². The average molecular weight is 349 g/mol. The summed E-state index contributed by atoms with van der Waals surface area (Å²) in [6.45, 7) is 0. The van der Waals surface area contributed by atoms with Crippen LogP contribution in [0.4, 0.5) is 5.69 Å². The fourth-order valence-electron chi connectivity index (χ4n) is 3.11. The maximum atomic E-state index is 12.5. The highest BCUT2D eigenvalue weighted by atomic mass is 16.4. The molecule has 0 saturated heterocycles. The SMILES string of the molecule is CNc1cccc2c1CC(=O)C(C(=O)CCc1ccc(C(=O)O)cc1)=C2. The van der Waals surface area contributed by atoms with Crippen LogP contribution < -0.4 is 5.32 Å². The molecular weight excluding hydrogens is 330 g/mol. The summed E-state index contributed by atoms with van der Waals surface area (Å²) in [4.78, 5) is 35.8. The predicted octanol–water partition coefficient (Wildman–Crippen LogP) is 3.14. The number of ketones is 2. The molecule has 2 aromatic rings. The number of carboxylic acids is 1. The molecule has 1 aliphatic carbocycles. The second-order valence-corrected chi connectivity index (χ2v) is 6.21. The predicted molar refractivity (Wildman–Crippen MR) is 99.4 cm³/mol. The third-order valence-electron chi connectivity index (χ3n) is 4.56. The van der Waals surface area contributed by atoms with Gasteiger partial charge in [0.1, 0.15) is 0 Å². The Kier molecular flexibility index (Phi) is 4.98. The van der Waals surface area contributed by atoms with Crippen LogP contribution in [0.15, 0.2) is 48.0 Å². The van der Waals surface area contributed by atoms with Crippen molar-refractivity contribution in [2.45, 2.75) is 19.3 Å². The summed E-state index contributed by atoms with van der Waals surface area (Å²) in [6, 6.07) is 12.1. The number of fused-ring (bicyclic) bond motifs is 1. The lowest BCUT2D eigenvalue weighted by atomic mass is 9.87. The van der Waals surface area contributed by atoms with Gasteiger partial charge in [0, 0.05) is 25.6 Å². The molecule has 3 rings (SSSR count). The van der Waals surface area contributed by atoms with Crippen molar-refractivity contribution in [1.82, 2.24) is 0 Å². The Hall–Kier alpha value is -3.21. The number of benzene rings is 2. The third-order valence-corrected chi connectivity index (χ3v) is 4.56. The molecule has 5 nitrogen and oxygen atoms in total. The number of rotatable bonds is 6. The van der Waals surface area contributed by atoms with E-state index in [0.717, 1.165) is 22.4 Å². The lowest BCUT2D eigenvalue weighted by Gasteiger charge is -2.18. The highest BCUT2D eigenvalue weighted by Gasteiger charge is 2.25. The molecule has 5 heteroatoms. The number of Topliss-reactive ketones (excluding diaryl/α,β-unsaturated/α-hetero) is 2. The van der Waals surface area contributed by atoms with Gasteiger partial charge in [-0.05, 0) is 47.4 Å². The summed E-state index contributed by atoms with van der Waals surface area (Å²) in [5.74, 6) is -1.32. The first-order chi connectivity index (χ1) is 12.5. The topological polar surface area (TPSA) is 83.5 Å². The maximum Gasteiger partial charge on any atom is 0.335 e. The van der Waals surface area contributed by atoms with Crippen LogP contribution in [0.1, 0.15) is 33.5 Å². The largest absolute Gasteiger partial charge is 0.478 e. The number of carbonyl (C=O) groups is 3. The molecule has 26 heavy (non-hydrogen) atoms. The minimum Gasteiger partial charge on any atom is -0.478 e. The zero-order chi connectivity index (χ0) is 18.7. The molecule has 0 unspecified atom stereocenters. The third kappa shape index (κ3) is 3.57. The first-order valence-corrected chi connectivity index (χ1v) is 8.39. The zero-order valence-corrected chi connectivity index (χ0v) is 14.4. The molecule has 1 aliphatic rings. The lowest BCUT2D eigenvalue weighted by molar-refractivity contribution is -0.121. The summed E-state index contributed by atoms with van der Waals surface area (Å²) < 4.78 is 0. The van der Waals surface area contributed by atoms with Crippen LogP contribution >= 0.6 is 0 Å². The van der Waals surface area contributed by atoms with Crippen molar-refractivity contribution in [3.63, 3.8) is 0 Å². The van der Waals surface area contributed by atoms with E-state index in [1.165, 1.54) is 12.1 Å². The van der Waals surface area contributed by atoms with E-state index in [-0.39, 0.29) is 35.5 Å². The van der Waals surface area contributed by atoms with Crippen LogP contribution in [0.3, 0.4) is 0 Å². The van der Waals surface area contributed by atoms with Crippen LogP contribution in [0.2, 0.25) is 0 Å². The molecule has 0 aromatic heterocycles. The average Bonchev–Trinajstić information content (AvgIpc) is 2.65. The van der Waals surface area contributed by atoms with E-state index in [4.69, 9.17) is 5.11 Å². The van der Waals surface area contributed by atoms with Gasteiger partial charge in [-0.25, -0.2) is 4.79 Å². The second kappa shape index (κ2) is 7.35. The quantitative estimate of drug-likeness (QED) is 0.783. The molecule has 0 saturated carbocycles. The molecule has 0 fully saturated rings. The number of anilines is 1. The fourth-order valence-corrected chi connectivity index (χ4v) is 3.11. The van der Waals surface area contributed by atoms with E-state index in [9.17, 15) is 14.4 Å². The van der Waals surface area contributed by atoms with Crippen LogP contribution in [0.5, 0.6) is 0 Å². The van der Waals surface area contributed by atoms with E-state index in [1.807, 2.05) is 18.2 Å². The van der Waals surface area contributed by atoms with Gasteiger partial charge in [0.2, 0.25) is 0 Å². The number of allylic oxidation sites excluding steroid dienone is 1. The minimum absolute atomic E-state index is 0.161. The Bertz CT molecular complexity index is 910. The number of aromatic carboxylic acids is 1. The van der Waals surface area contributed by atoms with Gasteiger partial charge in [-0.1, -0.05) is 24.3 Å². The molecule has 2 N–H and O–H groups in total. The summed E-state index contributed by atoms with van der Waals surface area (Å²) in [7, 11) is 1.81. The van der Waals surface area contributed by atoms with Gasteiger partial charge < -0.3 is 10.4 Å². The van der Waals surface area contributed by atoms with Gasteiger partial charge in [-0.3, -0.25) is 9.59 Å². The standard InChI is InChI=1S/C21H19NO4/c1-22-18-4-2-3-15-11-17(20(24)12-16(15)18)19(23)10-7-13-5-8-14(9-6-13)21(25)26/h2-6,8-9,11,22H,7,10,12H2,1H3,(H,25,26). The molecule has 0 spiro atoms. The Morgan fingerprint density at radius 1 is 1.12 bits per heavy atom. The van der Waals surface area contributed by atoms with Crippen molar-refractivity contribution in [2.75, 3.05) is 12.4 Å². The van der Waals surface area contributed by atoms with Crippen molar-refractivity contribution < 1.29 is 19.5 Å². The molecule has 0 atom stereocenters. The van der Waals surface area contributed by atoms with Gasteiger partial charge in [0.25, 0.3) is 0 Å². The molecule has 0 heterocycles. The van der Waals surface area contributed by atoms with E-state index in [1.54, 1.807) is 25.3 Å². The number of nitrogens with one attached hydrogen (secondary N) is 1. The van der Waals surface area contributed by atoms with Crippen molar-refractivity contribution in [3.8, 4) is 0 Å². The number of hydrogen-bond donors (Lipinski definition) is 2. The van der Waals surface area contributed by atoms with Gasteiger partial charge in [-0.2, -0.15) is 0 Å². The Morgan fingerprint density at radius 3 is 2.50 bits per heavy atom. The molecular formula is C21H19NO4. The van der Waals surface area contributed by atoms with Crippen molar-refractivity contribution in [1.29, 1.82) is 0 Å². The molecule has 0 radical (unpaired) electrons. The highest BCUT2D eigenvalue weighted by Crippen LogP contribution is 2.28. The fraction of sp³-hybridized carbons (Fsp3) is 0.190. The number of carboxylic acid groups (broad SMARTS) is 1. The minimum atomic E-state index is -0.981. The summed E-state index contributed by atoms with van der Waals surface area (Å²) >= 11 is 0. The molecule has 2 aromatic carbocycles. The van der Waals surface area contributed by atoms with E-state index in [2.05, 4.69) is 5.32 Å². The monoisotopic (exact) mass is 349 g/mol. The molecule has 0 bridgehead atoms. The number of hydrogen-bond acceptors (Lipinski definition) is 4. The summed E-state index contributed by atoms with van der Waals surface area (Å²) in [6.07, 6.45) is 2.58. The van der Waals surface area contributed by atoms with Crippen molar-refractivity contribution in [2.24, 2.45) is 0 Å². The van der Waals surface area contributed by atoms with Crippen molar-refractivity contribution in [3.05, 3.63) is 70.3 Å². The first kappa shape index (κ1) is 17.6. The van der Waals surface area contributed by atoms with E-state index >= 15 is 0 Å². The van der Waals surface area contributed by atoms with E-state index < -0.39 is 5.97 Å². The summed E-state index contributed by atoms with van der Waals surface area (Å²) in [5.41, 5.74) is 4.03. The second-order valence-electron chi connectivity index (χ2n) is 6.21. The van der Waals surface area contributed by atoms with Crippen LogP contribution in [0.25, 0.3) is 6.08 Å². The number of carbonyl (C=O) groups excluding carboxylic acids is 2. The van der Waals surface area contributed by atoms with Gasteiger partial charge in [0.05, 0.1) is 11.1 Å². The molecule has 0 amide bonds. The Balaban J connectivity index is 1.74. The van der Waals surface area contributed by atoms with E-state index in [0.29, 0.717) is 6.42 Å². The first-order valence-electron chi connectivity index (χ1n) is 8.39. The normalized spacial score (nSPS) is 13.0. The number of aryl methyl sites for hydroxylation is 1. The van der Waals surface area contributed by atoms with Crippen molar-refractivity contribution >= 4 is 29.3 Å².